The van der Waals surface area contributed by atoms with Crippen LogP contribution in [0.3, 0.4) is 0 Å². The van der Waals surface area contributed by atoms with Crippen molar-refractivity contribution in [1.29, 1.82) is 0 Å². The summed E-state index contributed by atoms with van der Waals surface area (Å²) in [5, 5.41) is 11.1. The van der Waals surface area contributed by atoms with E-state index in [0.29, 0.717) is 11.1 Å². The zero-order chi connectivity index (χ0) is 21.2. The third-order valence-electron chi connectivity index (χ3n) is 4.86. The van der Waals surface area contributed by atoms with E-state index in [-0.39, 0.29) is 33.6 Å². The highest BCUT2D eigenvalue weighted by molar-refractivity contribution is 7.89. The van der Waals surface area contributed by atoms with Crippen LogP contribution in [0, 0.1) is 17.0 Å². The number of hydrogen-bond acceptors (Lipinski definition) is 5. The summed E-state index contributed by atoms with van der Waals surface area (Å²) in [6, 6.07) is 8.86. The smallest absolute Gasteiger partial charge is 0.275 e. The van der Waals surface area contributed by atoms with Crippen molar-refractivity contribution in [3.63, 3.8) is 0 Å². The molecule has 0 bridgehead atoms. The van der Waals surface area contributed by atoms with Crippen LogP contribution >= 0.6 is 11.6 Å². The van der Waals surface area contributed by atoms with E-state index in [4.69, 9.17) is 11.6 Å². The Balaban J connectivity index is 1.72. The molecule has 1 N–H and O–H groups in total. The Bertz CT molecular complexity index is 1050. The van der Waals surface area contributed by atoms with Crippen LogP contribution in [-0.4, -0.2) is 37.2 Å². The van der Waals surface area contributed by atoms with Crippen molar-refractivity contribution in [2.75, 3.05) is 13.1 Å². The van der Waals surface area contributed by atoms with E-state index in [0.717, 1.165) is 32.0 Å². The Hall–Kier alpha value is -2.49. The summed E-state index contributed by atoms with van der Waals surface area (Å²) in [4.78, 5) is 24.3. The Kier molecular flexibility index (Phi) is 6.21. The molecule has 0 radical (unpaired) electrons. The van der Waals surface area contributed by atoms with Gasteiger partial charge in [0.15, 0.2) is 0 Å². The second kappa shape index (κ2) is 8.48. The Morgan fingerprint density at radius 1 is 1.21 bits per heavy atom. The van der Waals surface area contributed by atoms with Crippen LogP contribution in [0.25, 0.3) is 0 Å². The molecule has 0 aliphatic carbocycles. The van der Waals surface area contributed by atoms with Gasteiger partial charge in [-0.05, 0) is 43.5 Å². The van der Waals surface area contributed by atoms with Gasteiger partial charge in [0.05, 0.1) is 14.8 Å². The Morgan fingerprint density at radius 2 is 1.83 bits per heavy atom. The van der Waals surface area contributed by atoms with Crippen molar-refractivity contribution in [1.82, 2.24) is 9.62 Å². The first-order valence-corrected chi connectivity index (χ1v) is 10.9. The average molecular weight is 438 g/mol. The van der Waals surface area contributed by atoms with E-state index in [1.807, 2.05) is 0 Å². The van der Waals surface area contributed by atoms with E-state index in [2.05, 4.69) is 4.72 Å². The van der Waals surface area contributed by atoms with Gasteiger partial charge in [0.2, 0.25) is 10.0 Å². The molecular weight excluding hydrogens is 418 g/mol. The van der Waals surface area contributed by atoms with Gasteiger partial charge >= 0.3 is 0 Å². The first-order chi connectivity index (χ1) is 13.7. The summed E-state index contributed by atoms with van der Waals surface area (Å²) in [7, 11) is -4.01. The van der Waals surface area contributed by atoms with Gasteiger partial charge in [0, 0.05) is 36.8 Å². The molecule has 10 heteroatoms. The monoisotopic (exact) mass is 437 g/mol. The normalized spacial score (nSPS) is 14.2. The fraction of sp³-hybridized carbons (Fsp3) is 0.316. The van der Waals surface area contributed by atoms with Crippen LogP contribution in [0.1, 0.15) is 34.3 Å². The molecule has 2 aromatic rings. The summed E-state index contributed by atoms with van der Waals surface area (Å²) in [6.45, 7) is 2.94. The lowest BCUT2D eigenvalue weighted by Crippen LogP contribution is -2.27. The van der Waals surface area contributed by atoms with E-state index in [1.54, 1.807) is 29.2 Å². The number of nitro benzene ring substituents is 1. The maximum absolute atomic E-state index is 12.5. The SMILES string of the molecule is Cc1c(Cl)cc(S(=O)(=O)NCc2ccc(C(=O)N3CCCC3)cc2)cc1[N+](=O)[O-]. The molecule has 1 saturated heterocycles. The van der Waals surface area contributed by atoms with Crippen LogP contribution in [0.2, 0.25) is 5.02 Å². The molecule has 8 nitrogen and oxygen atoms in total. The zero-order valence-electron chi connectivity index (χ0n) is 15.7. The predicted molar refractivity (Wildman–Crippen MR) is 108 cm³/mol. The molecule has 154 valence electrons. The van der Waals surface area contributed by atoms with Crippen LogP contribution in [0.4, 0.5) is 5.69 Å². The van der Waals surface area contributed by atoms with Gasteiger partial charge < -0.3 is 4.90 Å². The molecule has 1 aliphatic rings. The number of hydrogen-bond donors (Lipinski definition) is 1. The maximum Gasteiger partial charge on any atom is 0.275 e. The number of nitrogens with zero attached hydrogens (tertiary/aromatic N) is 2. The van der Waals surface area contributed by atoms with Crippen molar-refractivity contribution in [3.8, 4) is 0 Å². The van der Waals surface area contributed by atoms with E-state index < -0.39 is 14.9 Å². The quantitative estimate of drug-likeness (QED) is 0.550. The van der Waals surface area contributed by atoms with Crippen molar-refractivity contribution < 1.29 is 18.1 Å². The number of sulfonamides is 1. The fourth-order valence-corrected chi connectivity index (χ4v) is 4.46. The Morgan fingerprint density at radius 3 is 2.41 bits per heavy atom. The third kappa shape index (κ3) is 4.75. The number of rotatable bonds is 6. The molecule has 0 atom stereocenters. The molecule has 2 aromatic carbocycles. The van der Waals surface area contributed by atoms with E-state index in [1.165, 1.54) is 13.0 Å². The van der Waals surface area contributed by atoms with Gasteiger partial charge in [-0.2, -0.15) is 0 Å². The standard InChI is InChI=1S/C19H20ClN3O5S/c1-13-17(20)10-16(11-18(13)23(25)26)29(27,28)21-12-14-4-6-15(7-5-14)19(24)22-8-2-3-9-22/h4-7,10-11,21H,2-3,8-9,12H2,1H3. The first kappa shape index (κ1) is 21.2. The highest BCUT2D eigenvalue weighted by atomic mass is 35.5. The molecular formula is C19H20ClN3O5S. The number of carbonyl (C=O) groups is 1. The zero-order valence-corrected chi connectivity index (χ0v) is 17.3. The second-order valence-electron chi connectivity index (χ2n) is 6.83. The minimum atomic E-state index is -4.01. The topological polar surface area (TPSA) is 110 Å². The van der Waals surface area contributed by atoms with Crippen molar-refractivity contribution in [2.24, 2.45) is 0 Å². The molecule has 0 aromatic heterocycles. The van der Waals surface area contributed by atoms with Gasteiger partial charge in [-0.25, -0.2) is 13.1 Å². The van der Waals surface area contributed by atoms with E-state index in [9.17, 15) is 23.3 Å². The molecule has 0 spiro atoms. The number of amides is 1. The molecule has 1 amide bonds. The number of carbonyl (C=O) groups excluding carboxylic acids is 1. The molecule has 1 heterocycles. The van der Waals surface area contributed by atoms with Crippen molar-refractivity contribution >= 4 is 33.2 Å². The lowest BCUT2D eigenvalue weighted by Gasteiger charge is -2.15. The lowest BCUT2D eigenvalue weighted by molar-refractivity contribution is -0.385. The van der Waals surface area contributed by atoms with Crippen molar-refractivity contribution in [2.45, 2.75) is 31.2 Å². The lowest BCUT2D eigenvalue weighted by atomic mass is 10.1. The number of benzene rings is 2. The molecule has 29 heavy (non-hydrogen) atoms. The highest BCUT2D eigenvalue weighted by Crippen LogP contribution is 2.29. The largest absolute Gasteiger partial charge is 0.339 e. The summed E-state index contributed by atoms with van der Waals surface area (Å²) < 4.78 is 27.5. The average Bonchev–Trinajstić information content (AvgIpc) is 3.22. The molecule has 0 unspecified atom stereocenters. The van der Waals surface area contributed by atoms with Crippen LogP contribution < -0.4 is 4.72 Å². The van der Waals surface area contributed by atoms with Gasteiger partial charge in [-0.15, -0.1) is 0 Å². The number of likely N-dealkylation sites (tertiary alicyclic amines) is 1. The molecule has 0 saturated carbocycles. The molecule has 1 fully saturated rings. The Labute approximate surface area is 173 Å². The number of nitro groups is 1. The number of nitrogens with one attached hydrogen (secondary N) is 1. The predicted octanol–water partition coefficient (Wildman–Crippen LogP) is 3.27. The van der Waals surface area contributed by atoms with Crippen LogP contribution in [0.15, 0.2) is 41.3 Å². The van der Waals surface area contributed by atoms with Crippen LogP contribution in [-0.2, 0) is 16.6 Å². The minimum Gasteiger partial charge on any atom is -0.339 e. The summed E-state index contributed by atoms with van der Waals surface area (Å²) >= 11 is 5.95. The summed E-state index contributed by atoms with van der Waals surface area (Å²) in [6.07, 6.45) is 2.01. The van der Waals surface area contributed by atoms with E-state index >= 15 is 0 Å². The van der Waals surface area contributed by atoms with Gasteiger partial charge in [-0.1, -0.05) is 23.7 Å². The van der Waals surface area contributed by atoms with Gasteiger partial charge in [0.1, 0.15) is 0 Å². The fourth-order valence-electron chi connectivity index (χ4n) is 3.11. The molecule has 3 rings (SSSR count). The maximum atomic E-state index is 12.5. The summed E-state index contributed by atoms with van der Waals surface area (Å²) in [5.74, 6) is -0.0313. The van der Waals surface area contributed by atoms with Crippen LogP contribution in [0.5, 0.6) is 0 Å². The second-order valence-corrected chi connectivity index (χ2v) is 9.00. The third-order valence-corrected chi connectivity index (χ3v) is 6.63. The number of halogens is 1. The van der Waals surface area contributed by atoms with Gasteiger partial charge in [0.25, 0.3) is 11.6 Å². The summed E-state index contributed by atoms with van der Waals surface area (Å²) in [5.41, 5.74) is 1.05. The minimum absolute atomic E-state index is 0.00403. The molecule has 1 aliphatic heterocycles. The van der Waals surface area contributed by atoms with Crippen molar-refractivity contribution in [3.05, 3.63) is 68.2 Å². The van der Waals surface area contributed by atoms with Gasteiger partial charge in [-0.3, -0.25) is 14.9 Å². The first-order valence-electron chi connectivity index (χ1n) is 9.01. The highest BCUT2D eigenvalue weighted by Gasteiger charge is 2.23.